The summed E-state index contributed by atoms with van der Waals surface area (Å²) in [6.07, 6.45) is 1.69. The molecule has 0 saturated heterocycles. The molecule has 8 heteroatoms. The number of amides is 2. The van der Waals surface area contributed by atoms with Gasteiger partial charge >= 0.3 is 0 Å². The summed E-state index contributed by atoms with van der Waals surface area (Å²) in [5.41, 5.74) is 3.61. The van der Waals surface area contributed by atoms with Crippen LogP contribution in [0.1, 0.15) is 26.3 Å². The third-order valence-electron chi connectivity index (χ3n) is 5.51. The Morgan fingerprint density at radius 1 is 0.914 bits per heavy atom. The van der Waals surface area contributed by atoms with E-state index in [0.29, 0.717) is 33.9 Å². The first-order valence-electron chi connectivity index (χ1n) is 11.0. The fourth-order valence-electron chi connectivity index (χ4n) is 3.70. The van der Waals surface area contributed by atoms with Crippen LogP contribution in [0.25, 0.3) is 16.9 Å². The van der Waals surface area contributed by atoms with Gasteiger partial charge in [0.15, 0.2) is 0 Å². The third kappa shape index (κ3) is 5.16. The molecule has 3 aromatic carbocycles. The summed E-state index contributed by atoms with van der Waals surface area (Å²) in [4.78, 5) is 25.3. The van der Waals surface area contributed by atoms with Crippen molar-refractivity contribution in [2.75, 3.05) is 21.3 Å². The summed E-state index contributed by atoms with van der Waals surface area (Å²) in [6, 6.07) is 22.0. The summed E-state index contributed by atoms with van der Waals surface area (Å²) >= 11 is 0. The number of methoxy groups -OCH3 is 2. The third-order valence-corrected chi connectivity index (χ3v) is 5.51. The van der Waals surface area contributed by atoms with Crippen molar-refractivity contribution in [3.63, 3.8) is 0 Å². The molecule has 0 bridgehead atoms. The van der Waals surface area contributed by atoms with Crippen molar-refractivity contribution in [3.8, 4) is 28.4 Å². The minimum Gasteiger partial charge on any atom is -0.497 e. The van der Waals surface area contributed by atoms with Crippen molar-refractivity contribution in [1.29, 1.82) is 0 Å². The number of hydrogen-bond acceptors (Lipinski definition) is 5. The number of aromatic nitrogens is 2. The van der Waals surface area contributed by atoms with E-state index in [1.54, 1.807) is 68.5 Å². The van der Waals surface area contributed by atoms with E-state index in [2.05, 4.69) is 10.6 Å². The molecule has 2 N–H and O–H groups in total. The van der Waals surface area contributed by atoms with E-state index in [4.69, 9.17) is 14.6 Å². The molecule has 0 aliphatic heterocycles. The van der Waals surface area contributed by atoms with Gasteiger partial charge in [-0.2, -0.15) is 5.10 Å². The molecule has 0 spiro atoms. The fourth-order valence-corrected chi connectivity index (χ4v) is 3.70. The van der Waals surface area contributed by atoms with Gasteiger partial charge in [0, 0.05) is 30.9 Å². The van der Waals surface area contributed by atoms with Crippen LogP contribution >= 0.6 is 0 Å². The SMILES string of the molecule is CNC(=O)c1cccc(CNC(=O)c2cn(-c3ccccc3)nc2-c2cc(OC)ccc2OC)c1. The van der Waals surface area contributed by atoms with E-state index < -0.39 is 0 Å². The van der Waals surface area contributed by atoms with E-state index in [9.17, 15) is 9.59 Å². The van der Waals surface area contributed by atoms with Gasteiger partial charge in [0.2, 0.25) is 0 Å². The van der Waals surface area contributed by atoms with E-state index in [-0.39, 0.29) is 18.4 Å². The maximum atomic E-state index is 13.4. The van der Waals surface area contributed by atoms with Crippen LogP contribution in [0.5, 0.6) is 11.5 Å². The van der Waals surface area contributed by atoms with Gasteiger partial charge < -0.3 is 20.1 Å². The number of ether oxygens (including phenoxy) is 2. The molecule has 1 heterocycles. The lowest BCUT2D eigenvalue weighted by atomic mass is 10.1. The average molecular weight is 471 g/mol. The first-order valence-corrected chi connectivity index (χ1v) is 11.0. The highest BCUT2D eigenvalue weighted by Crippen LogP contribution is 2.35. The molecule has 0 atom stereocenters. The molecular weight excluding hydrogens is 444 g/mol. The maximum absolute atomic E-state index is 13.4. The molecule has 178 valence electrons. The summed E-state index contributed by atoms with van der Waals surface area (Å²) in [5, 5.41) is 10.3. The van der Waals surface area contributed by atoms with Crippen LogP contribution in [-0.4, -0.2) is 42.9 Å². The van der Waals surface area contributed by atoms with Crippen LogP contribution in [0.4, 0.5) is 0 Å². The van der Waals surface area contributed by atoms with Gasteiger partial charge in [-0.1, -0.05) is 30.3 Å². The van der Waals surface area contributed by atoms with E-state index in [1.165, 1.54) is 0 Å². The Labute approximate surface area is 203 Å². The number of rotatable bonds is 8. The van der Waals surface area contributed by atoms with Crippen molar-refractivity contribution in [2.45, 2.75) is 6.54 Å². The lowest BCUT2D eigenvalue weighted by Gasteiger charge is -2.11. The van der Waals surface area contributed by atoms with Gasteiger partial charge in [0.05, 0.1) is 25.5 Å². The number of carbonyl (C=O) groups excluding carboxylic acids is 2. The first kappa shape index (κ1) is 23.6. The molecule has 0 saturated carbocycles. The zero-order chi connectivity index (χ0) is 24.8. The largest absolute Gasteiger partial charge is 0.497 e. The monoisotopic (exact) mass is 470 g/mol. The maximum Gasteiger partial charge on any atom is 0.255 e. The van der Waals surface area contributed by atoms with Gasteiger partial charge in [-0.25, -0.2) is 4.68 Å². The van der Waals surface area contributed by atoms with E-state index in [0.717, 1.165) is 11.3 Å². The molecule has 0 fully saturated rings. The molecule has 35 heavy (non-hydrogen) atoms. The van der Waals surface area contributed by atoms with Crippen LogP contribution in [-0.2, 0) is 6.54 Å². The standard InChI is InChI=1S/C27H26N4O4/c1-28-26(32)19-9-7-8-18(14-19)16-29-27(33)23-17-31(20-10-5-4-6-11-20)30-25(23)22-15-21(34-2)12-13-24(22)35-3/h4-15,17H,16H2,1-3H3,(H,28,32)(H,29,33). The Kier molecular flexibility index (Phi) is 7.11. The highest BCUT2D eigenvalue weighted by molar-refractivity contribution is 6.00. The minimum atomic E-state index is -0.308. The van der Waals surface area contributed by atoms with Gasteiger partial charge in [0.1, 0.15) is 17.2 Å². The molecule has 0 radical (unpaired) electrons. The number of para-hydroxylation sites is 1. The molecule has 4 aromatic rings. The van der Waals surface area contributed by atoms with E-state index in [1.807, 2.05) is 36.4 Å². The zero-order valence-electron chi connectivity index (χ0n) is 19.7. The molecule has 0 unspecified atom stereocenters. The highest BCUT2D eigenvalue weighted by Gasteiger charge is 2.22. The Bertz CT molecular complexity index is 1350. The number of carbonyl (C=O) groups is 2. The van der Waals surface area contributed by atoms with Crippen LogP contribution in [0.15, 0.2) is 79.0 Å². The Morgan fingerprint density at radius 3 is 2.43 bits per heavy atom. The van der Waals surface area contributed by atoms with Crippen LogP contribution in [0.2, 0.25) is 0 Å². The zero-order valence-corrected chi connectivity index (χ0v) is 19.7. The fraction of sp³-hybridized carbons (Fsp3) is 0.148. The van der Waals surface area contributed by atoms with Crippen molar-refractivity contribution >= 4 is 11.8 Å². The normalized spacial score (nSPS) is 10.5. The lowest BCUT2D eigenvalue weighted by molar-refractivity contribution is 0.0949. The Balaban J connectivity index is 1.70. The van der Waals surface area contributed by atoms with Gasteiger partial charge in [-0.15, -0.1) is 0 Å². The second-order valence-electron chi connectivity index (χ2n) is 7.70. The predicted octanol–water partition coefficient (Wildman–Crippen LogP) is 3.85. The molecule has 1 aromatic heterocycles. The van der Waals surface area contributed by atoms with Crippen molar-refractivity contribution < 1.29 is 19.1 Å². The number of nitrogens with zero attached hydrogens (tertiary/aromatic N) is 2. The number of hydrogen-bond donors (Lipinski definition) is 2. The molecular formula is C27H26N4O4. The smallest absolute Gasteiger partial charge is 0.255 e. The van der Waals surface area contributed by atoms with Gasteiger partial charge in [-0.3, -0.25) is 9.59 Å². The summed E-state index contributed by atoms with van der Waals surface area (Å²) in [7, 11) is 4.73. The summed E-state index contributed by atoms with van der Waals surface area (Å²) < 4.78 is 12.6. The predicted molar refractivity (Wildman–Crippen MR) is 133 cm³/mol. The minimum absolute atomic E-state index is 0.185. The number of benzene rings is 3. The second-order valence-corrected chi connectivity index (χ2v) is 7.70. The quantitative estimate of drug-likeness (QED) is 0.408. The van der Waals surface area contributed by atoms with Crippen LogP contribution < -0.4 is 20.1 Å². The van der Waals surface area contributed by atoms with Crippen molar-refractivity contribution in [1.82, 2.24) is 20.4 Å². The summed E-state index contributed by atoms with van der Waals surface area (Å²) in [6.45, 7) is 0.245. The molecule has 2 amide bonds. The molecule has 8 nitrogen and oxygen atoms in total. The second kappa shape index (κ2) is 10.6. The van der Waals surface area contributed by atoms with Crippen molar-refractivity contribution in [2.24, 2.45) is 0 Å². The van der Waals surface area contributed by atoms with Crippen LogP contribution in [0, 0.1) is 0 Å². The average Bonchev–Trinajstić information content (AvgIpc) is 3.37. The lowest BCUT2D eigenvalue weighted by Crippen LogP contribution is -2.23. The molecule has 0 aliphatic rings. The topological polar surface area (TPSA) is 94.5 Å². The molecule has 4 rings (SSSR count). The highest BCUT2D eigenvalue weighted by atomic mass is 16.5. The van der Waals surface area contributed by atoms with Gasteiger partial charge in [-0.05, 0) is 48.0 Å². The van der Waals surface area contributed by atoms with Crippen LogP contribution in [0.3, 0.4) is 0 Å². The Hall–Kier alpha value is -4.59. The van der Waals surface area contributed by atoms with Crippen molar-refractivity contribution in [3.05, 3.63) is 95.7 Å². The van der Waals surface area contributed by atoms with E-state index >= 15 is 0 Å². The number of nitrogens with one attached hydrogen (secondary N) is 2. The Morgan fingerprint density at radius 2 is 1.71 bits per heavy atom. The van der Waals surface area contributed by atoms with Gasteiger partial charge in [0.25, 0.3) is 11.8 Å². The molecule has 0 aliphatic carbocycles. The summed E-state index contributed by atoms with van der Waals surface area (Å²) in [5.74, 6) is 0.691. The first-order chi connectivity index (χ1) is 17.0.